The van der Waals surface area contributed by atoms with E-state index >= 15 is 0 Å². The molecule has 0 atom stereocenters. The maximum atomic E-state index is 12.2. The summed E-state index contributed by atoms with van der Waals surface area (Å²) in [7, 11) is -3.56. The Kier molecular flexibility index (Phi) is 5.88. The van der Waals surface area contributed by atoms with Crippen LogP contribution in [0.4, 0.5) is 0 Å². The molecule has 0 radical (unpaired) electrons. The molecule has 3 rings (SSSR count). The summed E-state index contributed by atoms with van der Waals surface area (Å²) in [5, 5.41) is 4.43. The average molecular weight is 420 g/mol. The van der Waals surface area contributed by atoms with E-state index in [0.717, 1.165) is 5.56 Å². The van der Waals surface area contributed by atoms with Gasteiger partial charge in [-0.25, -0.2) is 13.1 Å². The van der Waals surface area contributed by atoms with Crippen molar-refractivity contribution in [2.24, 2.45) is 0 Å². The predicted octanol–water partition coefficient (Wildman–Crippen LogP) is 4.31. The molecule has 28 heavy (non-hydrogen) atoms. The fourth-order valence-corrected chi connectivity index (χ4v) is 3.91. The molecule has 1 aromatic heterocycles. The van der Waals surface area contributed by atoms with Gasteiger partial charge in [0.15, 0.2) is 0 Å². The van der Waals surface area contributed by atoms with Gasteiger partial charge < -0.3 is 4.52 Å². The largest absolute Gasteiger partial charge is 0.338 e. The molecule has 0 aliphatic carbocycles. The summed E-state index contributed by atoms with van der Waals surface area (Å²) in [6.07, 6.45) is 0. The zero-order valence-electron chi connectivity index (χ0n) is 15.9. The summed E-state index contributed by atoms with van der Waals surface area (Å²) in [6.45, 7) is 6.36. The maximum Gasteiger partial charge on any atom is 0.242 e. The number of hydrogen-bond acceptors (Lipinski definition) is 5. The molecule has 0 saturated heterocycles. The van der Waals surface area contributed by atoms with Gasteiger partial charge >= 0.3 is 0 Å². The van der Waals surface area contributed by atoms with E-state index in [-0.39, 0.29) is 23.6 Å². The van der Waals surface area contributed by atoms with Crippen molar-refractivity contribution in [3.8, 4) is 11.4 Å². The molecule has 0 fully saturated rings. The van der Waals surface area contributed by atoms with Crippen LogP contribution in [0, 0.1) is 0 Å². The smallest absolute Gasteiger partial charge is 0.242 e. The molecule has 8 heteroatoms. The first kappa shape index (κ1) is 20.5. The molecule has 0 spiro atoms. The van der Waals surface area contributed by atoms with Crippen molar-refractivity contribution in [2.45, 2.75) is 38.5 Å². The minimum Gasteiger partial charge on any atom is -0.338 e. The Morgan fingerprint density at radius 1 is 1.11 bits per heavy atom. The molecule has 0 amide bonds. The number of benzene rings is 2. The predicted molar refractivity (Wildman–Crippen MR) is 109 cm³/mol. The highest BCUT2D eigenvalue weighted by atomic mass is 35.5. The molecule has 0 saturated carbocycles. The van der Waals surface area contributed by atoms with Gasteiger partial charge in [-0.05, 0) is 28.7 Å². The Labute approximate surface area is 170 Å². The number of aromatic nitrogens is 2. The van der Waals surface area contributed by atoms with Crippen molar-refractivity contribution in [1.82, 2.24) is 14.9 Å². The molecule has 0 bridgehead atoms. The normalized spacial score (nSPS) is 12.3. The van der Waals surface area contributed by atoms with Gasteiger partial charge in [-0.2, -0.15) is 4.98 Å². The topological polar surface area (TPSA) is 85.1 Å². The van der Waals surface area contributed by atoms with Gasteiger partial charge in [0.2, 0.25) is 21.7 Å². The van der Waals surface area contributed by atoms with Crippen LogP contribution in [-0.4, -0.2) is 18.6 Å². The molecular formula is C20H22ClN3O3S. The van der Waals surface area contributed by atoms with Crippen molar-refractivity contribution >= 4 is 21.6 Å². The van der Waals surface area contributed by atoms with Gasteiger partial charge in [-0.1, -0.05) is 73.9 Å². The first-order chi connectivity index (χ1) is 13.1. The van der Waals surface area contributed by atoms with E-state index in [1.54, 1.807) is 24.3 Å². The lowest BCUT2D eigenvalue weighted by molar-refractivity contribution is 0.376. The number of halogens is 1. The second-order valence-electron chi connectivity index (χ2n) is 7.55. The molecular weight excluding hydrogens is 398 g/mol. The van der Waals surface area contributed by atoms with Crippen LogP contribution in [-0.2, 0) is 27.7 Å². The van der Waals surface area contributed by atoms with Crippen LogP contribution in [0.1, 0.15) is 37.8 Å². The fraction of sp³-hybridized carbons (Fsp3) is 0.300. The monoisotopic (exact) mass is 419 g/mol. The van der Waals surface area contributed by atoms with Crippen molar-refractivity contribution in [3.63, 3.8) is 0 Å². The van der Waals surface area contributed by atoms with E-state index in [1.807, 2.05) is 24.3 Å². The number of hydrogen-bond donors (Lipinski definition) is 1. The van der Waals surface area contributed by atoms with E-state index in [2.05, 4.69) is 35.6 Å². The van der Waals surface area contributed by atoms with Gasteiger partial charge in [0.05, 0.1) is 12.3 Å². The van der Waals surface area contributed by atoms with E-state index in [4.69, 9.17) is 16.1 Å². The number of rotatable bonds is 6. The second kappa shape index (κ2) is 8.03. The summed E-state index contributed by atoms with van der Waals surface area (Å²) in [6, 6.07) is 14.6. The summed E-state index contributed by atoms with van der Waals surface area (Å²) < 4.78 is 32.1. The average Bonchev–Trinajstić information content (AvgIpc) is 3.08. The van der Waals surface area contributed by atoms with Gasteiger partial charge in [-0.3, -0.25) is 0 Å². The molecule has 0 unspecified atom stereocenters. The van der Waals surface area contributed by atoms with Crippen molar-refractivity contribution in [1.29, 1.82) is 0 Å². The van der Waals surface area contributed by atoms with Crippen molar-refractivity contribution in [3.05, 3.63) is 70.6 Å². The minimum atomic E-state index is -3.56. The van der Waals surface area contributed by atoms with E-state index in [0.29, 0.717) is 16.4 Å². The van der Waals surface area contributed by atoms with E-state index in [9.17, 15) is 8.42 Å². The third-order valence-electron chi connectivity index (χ3n) is 4.17. The third-order valence-corrected chi connectivity index (χ3v) is 5.70. The highest BCUT2D eigenvalue weighted by Gasteiger charge is 2.16. The van der Waals surface area contributed by atoms with E-state index < -0.39 is 10.0 Å². The zero-order chi connectivity index (χ0) is 20.4. The van der Waals surface area contributed by atoms with Gasteiger partial charge in [0.25, 0.3) is 0 Å². The maximum absolute atomic E-state index is 12.2. The van der Waals surface area contributed by atoms with Gasteiger partial charge in [0, 0.05) is 10.6 Å². The number of nitrogens with zero attached hydrogens (tertiary/aromatic N) is 2. The summed E-state index contributed by atoms with van der Waals surface area (Å²) in [5.74, 6) is 0.442. The molecule has 6 nitrogen and oxygen atoms in total. The third kappa shape index (κ3) is 5.41. The Morgan fingerprint density at radius 2 is 1.82 bits per heavy atom. The first-order valence-electron chi connectivity index (χ1n) is 8.78. The van der Waals surface area contributed by atoms with Crippen molar-refractivity contribution < 1.29 is 12.9 Å². The highest BCUT2D eigenvalue weighted by Crippen LogP contribution is 2.25. The molecule has 1 heterocycles. The van der Waals surface area contributed by atoms with Crippen LogP contribution in [0.2, 0.25) is 5.02 Å². The first-order valence-corrected chi connectivity index (χ1v) is 10.8. The van der Waals surface area contributed by atoms with Gasteiger partial charge in [0.1, 0.15) is 0 Å². The number of nitrogens with one attached hydrogen (secondary N) is 1. The molecule has 0 aliphatic heterocycles. The fourth-order valence-electron chi connectivity index (χ4n) is 2.63. The molecule has 148 valence electrons. The second-order valence-corrected chi connectivity index (χ2v) is 9.79. The van der Waals surface area contributed by atoms with Crippen LogP contribution in [0.3, 0.4) is 0 Å². The minimum absolute atomic E-state index is 0.0577. The lowest BCUT2D eigenvalue weighted by Crippen LogP contribution is -2.24. The molecule has 0 aliphatic rings. The van der Waals surface area contributed by atoms with Crippen LogP contribution in [0.15, 0.2) is 53.1 Å². The van der Waals surface area contributed by atoms with Crippen LogP contribution in [0.25, 0.3) is 11.4 Å². The summed E-state index contributed by atoms with van der Waals surface area (Å²) in [5.41, 5.74) is 2.67. The SMILES string of the molecule is CC(C)(C)c1ccc(-c2noc(CNS(=O)(=O)Cc3cccc(Cl)c3)n2)cc1. The Bertz CT molecular complexity index is 1050. The molecule has 2 aromatic carbocycles. The summed E-state index contributed by atoms with van der Waals surface area (Å²) >= 11 is 5.89. The Morgan fingerprint density at radius 3 is 2.46 bits per heavy atom. The zero-order valence-corrected chi connectivity index (χ0v) is 17.5. The standard InChI is InChI=1S/C20H22ClN3O3S/c1-20(2,3)16-9-7-15(8-10-16)19-23-18(27-24-19)12-22-28(25,26)13-14-5-4-6-17(21)11-14/h4-11,22H,12-13H2,1-3H3. The Balaban J connectivity index is 1.64. The van der Waals surface area contributed by atoms with Crippen molar-refractivity contribution in [2.75, 3.05) is 0 Å². The van der Waals surface area contributed by atoms with E-state index in [1.165, 1.54) is 5.56 Å². The number of sulfonamides is 1. The summed E-state index contributed by atoms with van der Waals surface area (Å²) in [4.78, 5) is 4.27. The quantitative estimate of drug-likeness (QED) is 0.643. The van der Waals surface area contributed by atoms with Crippen LogP contribution in [0.5, 0.6) is 0 Å². The lowest BCUT2D eigenvalue weighted by atomic mass is 9.87. The van der Waals surface area contributed by atoms with Crippen LogP contribution < -0.4 is 4.72 Å². The molecule has 1 N–H and O–H groups in total. The Hall–Kier alpha value is -2.22. The lowest BCUT2D eigenvalue weighted by Gasteiger charge is -2.18. The molecule has 3 aromatic rings. The van der Waals surface area contributed by atoms with Crippen LogP contribution >= 0.6 is 11.6 Å². The van der Waals surface area contributed by atoms with Gasteiger partial charge in [-0.15, -0.1) is 0 Å². The highest BCUT2D eigenvalue weighted by molar-refractivity contribution is 7.88.